The van der Waals surface area contributed by atoms with Gasteiger partial charge in [-0.1, -0.05) is 37.3 Å². The summed E-state index contributed by atoms with van der Waals surface area (Å²) in [6.45, 7) is 3.40. The number of carbonyl (C=O) groups excluding carboxylic acids is 2. The van der Waals surface area contributed by atoms with Crippen molar-refractivity contribution in [2.45, 2.75) is 32.6 Å². The summed E-state index contributed by atoms with van der Waals surface area (Å²) in [4.78, 5) is 28.0. The molecule has 2 fully saturated rings. The Bertz CT molecular complexity index is 821. The molecule has 2 aromatic rings. The minimum atomic E-state index is -0.545. The van der Waals surface area contributed by atoms with Crippen LogP contribution in [0.2, 0.25) is 0 Å². The lowest BCUT2D eigenvalue weighted by Crippen LogP contribution is -2.50. The Morgan fingerprint density at radius 3 is 2.37 bits per heavy atom. The Kier molecular flexibility index (Phi) is 4.81. The number of thiophene rings is 1. The number of nitrogens with zero attached hydrogens (tertiary/aromatic N) is 1. The molecule has 0 spiro atoms. The minimum absolute atomic E-state index is 0.205. The molecule has 1 saturated carbocycles. The first-order chi connectivity index (χ1) is 13.0. The molecule has 142 valence electrons. The van der Waals surface area contributed by atoms with Crippen LogP contribution < -0.4 is 5.73 Å². The fourth-order valence-electron chi connectivity index (χ4n) is 4.19. The molecule has 1 saturated heterocycles. The monoisotopic (exact) mass is 382 g/mol. The van der Waals surface area contributed by atoms with Gasteiger partial charge in [-0.3, -0.25) is 9.59 Å². The summed E-state index contributed by atoms with van der Waals surface area (Å²) in [6, 6.07) is 12.6. The summed E-state index contributed by atoms with van der Waals surface area (Å²) in [5, 5.41) is 2.07. The van der Waals surface area contributed by atoms with Crippen LogP contribution in [0.3, 0.4) is 0 Å². The highest BCUT2D eigenvalue weighted by Crippen LogP contribution is 2.41. The van der Waals surface area contributed by atoms with Crippen molar-refractivity contribution in [2.75, 3.05) is 13.1 Å². The van der Waals surface area contributed by atoms with Gasteiger partial charge in [0.25, 0.3) is 0 Å². The van der Waals surface area contributed by atoms with E-state index >= 15 is 0 Å². The van der Waals surface area contributed by atoms with Crippen molar-refractivity contribution in [3.63, 3.8) is 0 Å². The SMILES string of the molecule is C[C@@H]1C[C@H]1C(=O)N1CCC(Cc2ccc(-c3cccs3)cc2)(C(N)=O)CC1. The second-order valence-corrected chi connectivity index (χ2v) is 9.09. The van der Waals surface area contributed by atoms with Crippen LogP contribution in [0.5, 0.6) is 0 Å². The highest BCUT2D eigenvalue weighted by atomic mass is 32.1. The predicted molar refractivity (Wildman–Crippen MR) is 108 cm³/mol. The van der Waals surface area contributed by atoms with Gasteiger partial charge >= 0.3 is 0 Å². The van der Waals surface area contributed by atoms with E-state index in [1.165, 1.54) is 10.4 Å². The maximum Gasteiger partial charge on any atom is 0.225 e. The Labute approximate surface area is 164 Å². The lowest BCUT2D eigenvalue weighted by atomic mass is 9.73. The Morgan fingerprint density at radius 2 is 1.85 bits per heavy atom. The van der Waals surface area contributed by atoms with Crippen LogP contribution in [0.4, 0.5) is 0 Å². The van der Waals surface area contributed by atoms with Crippen molar-refractivity contribution in [3.05, 3.63) is 47.3 Å². The van der Waals surface area contributed by atoms with Gasteiger partial charge in [0, 0.05) is 23.9 Å². The molecule has 4 nitrogen and oxygen atoms in total. The standard InChI is InChI=1S/C22H26N2O2S/c1-15-13-18(15)20(25)24-10-8-22(9-11-24,21(23)26)14-16-4-6-17(7-5-16)19-3-2-12-27-19/h2-7,12,15,18H,8-11,13-14H2,1H3,(H2,23,26)/t15-,18-/m1/s1. The van der Waals surface area contributed by atoms with Crippen LogP contribution in [-0.4, -0.2) is 29.8 Å². The van der Waals surface area contributed by atoms with Gasteiger partial charge in [-0.15, -0.1) is 11.3 Å². The number of benzene rings is 1. The second kappa shape index (κ2) is 7.12. The first-order valence-corrected chi connectivity index (χ1v) is 10.6. The maximum atomic E-state index is 12.5. The van der Waals surface area contributed by atoms with E-state index in [0.717, 1.165) is 12.0 Å². The molecule has 2 aliphatic rings. The van der Waals surface area contributed by atoms with Crippen LogP contribution in [0.1, 0.15) is 31.7 Å². The van der Waals surface area contributed by atoms with Crippen LogP contribution in [0, 0.1) is 17.3 Å². The van der Waals surface area contributed by atoms with E-state index in [1.807, 2.05) is 11.0 Å². The third-order valence-electron chi connectivity index (χ3n) is 6.28. The average molecular weight is 383 g/mol. The van der Waals surface area contributed by atoms with Crippen LogP contribution in [-0.2, 0) is 16.0 Å². The highest BCUT2D eigenvalue weighted by Gasteiger charge is 2.45. The average Bonchev–Trinajstić information content (AvgIpc) is 3.17. The van der Waals surface area contributed by atoms with E-state index < -0.39 is 5.41 Å². The third kappa shape index (κ3) is 3.65. The fourth-order valence-corrected chi connectivity index (χ4v) is 4.92. The zero-order valence-corrected chi connectivity index (χ0v) is 16.5. The number of primary amides is 1. The van der Waals surface area contributed by atoms with E-state index in [4.69, 9.17) is 5.73 Å². The van der Waals surface area contributed by atoms with Crippen molar-refractivity contribution in [2.24, 2.45) is 23.0 Å². The number of amides is 2. The van der Waals surface area contributed by atoms with Gasteiger partial charge in [0.1, 0.15) is 0 Å². The van der Waals surface area contributed by atoms with Gasteiger partial charge in [-0.2, -0.15) is 0 Å². The van der Waals surface area contributed by atoms with E-state index in [1.54, 1.807) is 11.3 Å². The second-order valence-electron chi connectivity index (χ2n) is 8.14. The highest BCUT2D eigenvalue weighted by molar-refractivity contribution is 7.13. The Morgan fingerprint density at radius 1 is 1.19 bits per heavy atom. The fraction of sp³-hybridized carbons (Fsp3) is 0.455. The van der Waals surface area contributed by atoms with Gasteiger partial charge in [-0.05, 0) is 54.2 Å². The number of nitrogens with two attached hydrogens (primary N) is 1. The Hall–Kier alpha value is -2.14. The van der Waals surface area contributed by atoms with Crippen molar-refractivity contribution in [1.29, 1.82) is 0 Å². The van der Waals surface area contributed by atoms with Gasteiger partial charge in [0.05, 0.1) is 5.41 Å². The number of likely N-dealkylation sites (tertiary alicyclic amines) is 1. The third-order valence-corrected chi connectivity index (χ3v) is 7.20. The minimum Gasteiger partial charge on any atom is -0.369 e. The van der Waals surface area contributed by atoms with Crippen molar-refractivity contribution >= 4 is 23.2 Å². The first kappa shape index (κ1) is 18.2. The van der Waals surface area contributed by atoms with Crippen molar-refractivity contribution < 1.29 is 9.59 Å². The molecule has 2 heterocycles. The summed E-state index contributed by atoms with van der Waals surface area (Å²) in [5.74, 6) is 0.746. The number of carbonyl (C=O) groups is 2. The summed E-state index contributed by atoms with van der Waals surface area (Å²) < 4.78 is 0. The molecular formula is C22H26N2O2S. The molecule has 0 bridgehead atoms. The Balaban J connectivity index is 1.44. The lowest BCUT2D eigenvalue weighted by molar-refractivity contribution is -0.140. The van der Waals surface area contributed by atoms with Crippen molar-refractivity contribution in [3.8, 4) is 10.4 Å². The topological polar surface area (TPSA) is 63.4 Å². The van der Waals surface area contributed by atoms with Crippen LogP contribution >= 0.6 is 11.3 Å². The molecular weight excluding hydrogens is 356 g/mol. The summed E-state index contributed by atoms with van der Waals surface area (Å²) in [7, 11) is 0. The molecule has 2 amide bonds. The summed E-state index contributed by atoms with van der Waals surface area (Å²) >= 11 is 1.72. The van der Waals surface area contributed by atoms with Crippen LogP contribution in [0.15, 0.2) is 41.8 Å². The molecule has 27 heavy (non-hydrogen) atoms. The van der Waals surface area contributed by atoms with Gasteiger partial charge in [0.2, 0.25) is 11.8 Å². The molecule has 2 atom stereocenters. The molecule has 0 unspecified atom stereocenters. The van der Waals surface area contributed by atoms with E-state index in [9.17, 15) is 9.59 Å². The number of hydrogen-bond donors (Lipinski definition) is 1. The van der Waals surface area contributed by atoms with Gasteiger partial charge in [-0.25, -0.2) is 0 Å². The van der Waals surface area contributed by atoms with E-state index in [-0.39, 0.29) is 17.7 Å². The molecule has 1 aliphatic heterocycles. The van der Waals surface area contributed by atoms with Crippen LogP contribution in [0.25, 0.3) is 10.4 Å². The lowest BCUT2D eigenvalue weighted by Gasteiger charge is -2.40. The van der Waals surface area contributed by atoms with E-state index in [2.05, 4.69) is 42.6 Å². The molecule has 5 heteroatoms. The molecule has 1 aliphatic carbocycles. The molecule has 0 radical (unpaired) electrons. The normalized spacial score (nSPS) is 23.8. The molecule has 1 aromatic heterocycles. The first-order valence-electron chi connectivity index (χ1n) is 9.70. The maximum absolute atomic E-state index is 12.5. The number of hydrogen-bond acceptors (Lipinski definition) is 3. The smallest absolute Gasteiger partial charge is 0.225 e. The summed E-state index contributed by atoms with van der Waals surface area (Å²) in [5.41, 5.74) is 7.61. The van der Waals surface area contributed by atoms with Crippen molar-refractivity contribution in [1.82, 2.24) is 4.90 Å². The van der Waals surface area contributed by atoms with Gasteiger partial charge in [0.15, 0.2) is 0 Å². The predicted octanol–water partition coefficient (Wildman–Crippen LogP) is 3.71. The largest absolute Gasteiger partial charge is 0.369 e. The zero-order valence-electron chi connectivity index (χ0n) is 15.7. The number of piperidine rings is 1. The molecule has 4 rings (SSSR count). The summed E-state index contributed by atoms with van der Waals surface area (Å²) in [6.07, 6.45) is 2.96. The van der Waals surface area contributed by atoms with Gasteiger partial charge < -0.3 is 10.6 Å². The molecule has 2 N–H and O–H groups in total. The quantitative estimate of drug-likeness (QED) is 0.857. The van der Waals surface area contributed by atoms with E-state index in [0.29, 0.717) is 38.3 Å². The zero-order chi connectivity index (χ0) is 19.0. The molecule has 1 aromatic carbocycles. The number of rotatable bonds is 5.